The molecule has 16 heavy (non-hydrogen) atoms. The molecule has 0 amide bonds. The van der Waals surface area contributed by atoms with Gasteiger partial charge in [0.15, 0.2) is 0 Å². The molecule has 1 aromatic carbocycles. The van der Waals surface area contributed by atoms with Crippen molar-refractivity contribution in [3.8, 4) is 0 Å². The van der Waals surface area contributed by atoms with Crippen molar-refractivity contribution in [3.05, 3.63) is 28.8 Å². The molecule has 4 heteroatoms. The van der Waals surface area contributed by atoms with E-state index in [1.165, 1.54) is 0 Å². The summed E-state index contributed by atoms with van der Waals surface area (Å²) in [5.41, 5.74) is 7.10. The smallest absolute Gasteiger partial charge is 0.124 e. The zero-order valence-corrected chi connectivity index (χ0v) is 10.5. The Morgan fingerprint density at radius 3 is 2.56 bits per heavy atom. The molecular formula is C12H18ClN3. The van der Waals surface area contributed by atoms with E-state index >= 15 is 0 Å². The van der Waals surface area contributed by atoms with E-state index in [9.17, 15) is 0 Å². The number of hydrogen-bond donors (Lipinski definition) is 2. The molecule has 0 aliphatic carbocycles. The van der Waals surface area contributed by atoms with E-state index in [0.29, 0.717) is 10.6 Å². The second kappa shape index (κ2) is 5.75. The number of amidine groups is 1. The Morgan fingerprint density at radius 1 is 1.44 bits per heavy atom. The summed E-state index contributed by atoms with van der Waals surface area (Å²) in [4.78, 5) is 2.25. The summed E-state index contributed by atoms with van der Waals surface area (Å²) < 4.78 is 0. The van der Waals surface area contributed by atoms with Gasteiger partial charge in [0.25, 0.3) is 0 Å². The average Bonchev–Trinajstić information content (AvgIpc) is 2.25. The summed E-state index contributed by atoms with van der Waals surface area (Å²) >= 11 is 6.08. The van der Waals surface area contributed by atoms with Gasteiger partial charge < -0.3 is 10.6 Å². The van der Waals surface area contributed by atoms with Gasteiger partial charge in [0, 0.05) is 24.3 Å². The van der Waals surface area contributed by atoms with Gasteiger partial charge in [-0.3, -0.25) is 5.41 Å². The van der Waals surface area contributed by atoms with Gasteiger partial charge in [-0.05, 0) is 31.5 Å². The van der Waals surface area contributed by atoms with Crippen molar-refractivity contribution in [2.24, 2.45) is 5.73 Å². The number of halogens is 1. The number of rotatable bonds is 5. The number of nitrogens with two attached hydrogens (primary N) is 1. The van der Waals surface area contributed by atoms with Crippen molar-refractivity contribution in [3.63, 3.8) is 0 Å². The Morgan fingerprint density at radius 2 is 2.12 bits per heavy atom. The van der Waals surface area contributed by atoms with E-state index in [4.69, 9.17) is 22.7 Å². The van der Waals surface area contributed by atoms with Crippen molar-refractivity contribution in [1.82, 2.24) is 0 Å². The number of hydrogen-bond acceptors (Lipinski definition) is 2. The molecule has 0 fully saturated rings. The maximum absolute atomic E-state index is 7.36. The van der Waals surface area contributed by atoms with Crippen LogP contribution in [0.25, 0.3) is 0 Å². The highest BCUT2D eigenvalue weighted by molar-refractivity contribution is 6.34. The van der Waals surface area contributed by atoms with Crippen molar-refractivity contribution >= 4 is 23.1 Å². The Hall–Kier alpha value is -1.22. The third kappa shape index (κ3) is 2.89. The fourth-order valence-electron chi connectivity index (χ4n) is 1.66. The minimum atomic E-state index is 0.00934. The molecule has 0 aliphatic heterocycles. The molecule has 0 heterocycles. The van der Waals surface area contributed by atoms with Crippen LogP contribution in [0.15, 0.2) is 18.2 Å². The van der Waals surface area contributed by atoms with Crippen LogP contribution in [0, 0.1) is 5.41 Å². The molecule has 0 saturated heterocycles. The SMILES string of the molecule is CCCN(CC)c1ccc(C(=N)N)c(Cl)c1. The summed E-state index contributed by atoms with van der Waals surface area (Å²) in [7, 11) is 0. The van der Waals surface area contributed by atoms with Gasteiger partial charge >= 0.3 is 0 Å². The number of nitrogen functional groups attached to an aromatic ring is 1. The zero-order valence-electron chi connectivity index (χ0n) is 9.76. The fraction of sp³-hybridized carbons (Fsp3) is 0.417. The number of benzene rings is 1. The van der Waals surface area contributed by atoms with Gasteiger partial charge in [-0.25, -0.2) is 0 Å². The van der Waals surface area contributed by atoms with Crippen molar-refractivity contribution in [1.29, 1.82) is 5.41 Å². The van der Waals surface area contributed by atoms with Gasteiger partial charge in [0.05, 0.1) is 5.02 Å². The molecular weight excluding hydrogens is 222 g/mol. The third-order valence-corrected chi connectivity index (χ3v) is 2.80. The monoisotopic (exact) mass is 239 g/mol. The van der Waals surface area contributed by atoms with E-state index in [1.54, 1.807) is 6.07 Å². The topological polar surface area (TPSA) is 53.1 Å². The maximum atomic E-state index is 7.36. The summed E-state index contributed by atoms with van der Waals surface area (Å²) in [5.74, 6) is 0.00934. The van der Waals surface area contributed by atoms with Gasteiger partial charge in [-0.1, -0.05) is 18.5 Å². The van der Waals surface area contributed by atoms with Crippen LogP contribution in [-0.2, 0) is 0 Å². The van der Waals surface area contributed by atoms with E-state index in [-0.39, 0.29) is 5.84 Å². The van der Waals surface area contributed by atoms with E-state index < -0.39 is 0 Å². The molecule has 0 saturated carbocycles. The van der Waals surface area contributed by atoms with Crippen LogP contribution < -0.4 is 10.6 Å². The number of nitrogens with zero attached hydrogens (tertiary/aromatic N) is 1. The molecule has 0 bridgehead atoms. The minimum absolute atomic E-state index is 0.00934. The van der Waals surface area contributed by atoms with Gasteiger partial charge in [-0.15, -0.1) is 0 Å². The van der Waals surface area contributed by atoms with Crippen LogP contribution >= 0.6 is 11.6 Å². The first-order chi connectivity index (χ1) is 7.60. The Kier molecular flexibility index (Phi) is 4.62. The lowest BCUT2D eigenvalue weighted by molar-refractivity contribution is 0.792. The van der Waals surface area contributed by atoms with E-state index in [1.807, 2.05) is 12.1 Å². The van der Waals surface area contributed by atoms with Crippen LogP contribution in [0.5, 0.6) is 0 Å². The normalized spacial score (nSPS) is 10.2. The lowest BCUT2D eigenvalue weighted by Crippen LogP contribution is -2.23. The molecule has 88 valence electrons. The van der Waals surface area contributed by atoms with Gasteiger partial charge in [0.1, 0.15) is 5.84 Å². The molecule has 0 atom stereocenters. The Bertz CT molecular complexity index is 377. The van der Waals surface area contributed by atoms with Crippen LogP contribution in [-0.4, -0.2) is 18.9 Å². The summed E-state index contributed by atoms with van der Waals surface area (Å²) in [6.45, 7) is 6.21. The predicted molar refractivity (Wildman–Crippen MR) is 70.6 cm³/mol. The van der Waals surface area contributed by atoms with Gasteiger partial charge in [-0.2, -0.15) is 0 Å². The second-order valence-electron chi connectivity index (χ2n) is 3.66. The molecule has 3 N–H and O–H groups in total. The molecule has 0 aliphatic rings. The first-order valence-corrected chi connectivity index (χ1v) is 5.86. The number of anilines is 1. The van der Waals surface area contributed by atoms with Gasteiger partial charge in [0.2, 0.25) is 0 Å². The van der Waals surface area contributed by atoms with E-state index in [2.05, 4.69) is 18.7 Å². The molecule has 0 aromatic heterocycles. The minimum Gasteiger partial charge on any atom is -0.384 e. The second-order valence-corrected chi connectivity index (χ2v) is 4.06. The number of nitrogens with one attached hydrogen (secondary N) is 1. The van der Waals surface area contributed by atoms with Crippen LogP contribution in [0.2, 0.25) is 5.02 Å². The average molecular weight is 240 g/mol. The molecule has 0 spiro atoms. The summed E-state index contributed by atoms with van der Waals surface area (Å²) in [6.07, 6.45) is 1.10. The molecule has 0 unspecified atom stereocenters. The van der Waals surface area contributed by atoms with Crippen molar-refractivity contribution in [2.75, 3.05) is 18.0 Å². The maximum Gasteiger partial charge on any atom is 0.124 e. The predicted octanol–water partition coefficient (Wildman–Crippen LogP) is 2.86. The fourth-order valence-corrected chi connectivity index (χ4v) is 1.94. The standard InChI is InChI=1S/C12H18ClN3/c1-3-7-16(4-2)9-5-6-10(12(14)15)11(13)8-9/h5-6,8H,3-4,7H2,1-2H3,(H3,14,15). The summed E-state index contributed by atoms with van der Waals surface area (Å²) in [5, 5.41) is 7.90. The largest absolute Gasteiger partial charge is 0.384 e. The molecule has 1 aromatic rings. The first kappa shape index (κ1) is 12.8. The molecule has 1 rings (SSSR count). The lowest BCUT2D eigenvalue weighted by atomic mass is 10.1. The highest BCUT2D eigenvalue weighted by Crippen LogP contribution is 2.23. The van der Waals surface area contributed by atoms with Crippen LogP contribution in [0.1, 0.15) is 25.8 Å². The van der Waals surface area contributed by atoms with Crippen LogP contribution in [0.3, 0.4) is 0 Å². The highest BCUT2D eigenvalue weighted by atomic mass is 35.5. The first-order valence-electron chi connectivity index (χ1n) is 5.49. The highest BCUT2D eigenvalue weighted by Gasteiger charge is 2.08. The van der Waals surface area contributed by atoms with Crippen LogP contribution in [0.4, 0.5) is 5.69 Å². The molecule has 0 radical (unpaired) electrons. The Labute approximate surface area is 102 Å². The van der Waals surface area contributed by atoms with E-state index in [0.717, 1.165) is 25.2 Å². The van der Waals surface area contributed by atoms with Crippen molar-refractivity contribution < 1.29 is 0 Å². The Balaban J connectivity index is 2.99. The summed E-state index contributed by atoms with van der Waals surface area (Å²) in [6, 6.07) is 5.64. The quantitative estimate of drug-likeness (QED) is 0.613. The third-order valence-electron chi connectivity index (χ3n) is 2.48. The van der Waals surface area contributed by atoms with Crippen molar-refractivity contribution in [2.45, 2.75) is 20.3 Å². The lowest BCUT2D eigenvalue weighted by Gasteiger charge is -2.23. The zero-order chi connectivity index (χ0) is 12.1. The molecule has 3 nitrogen and oxygen atoms in total.